The minimum atomic E-state index is -0.342. The Kier molecular flexibility index (Phi) is 2.26. The van der Waals surface area contributed by atoms with Gasteiger partial charge in [-0.3, -0.25) is 9.48 Å². The third-order valence-electron chi connectivity index (χ3n) is 2.39. The third-order valence-corrected chi connectivity index (χ3v) is 2.39. The Bertz CT molecular complexity index is 597. The lowest BCUT2D eigenvalue weighted by Crippen LogP contribution is -2.12. The van der Waals surface area contributed by atoms with Crippen LogP contribution in [0.15, 0.2) is 11.0 Å². The lowest BCUT2D eigenvalue weighted by molar-refractivity contribution is 0.447. The van der Waals surface area contributed by atoms with Crippen molar-refractivity contribution in [2.24, 2.45) is 7.05 Å². The molecular weight excluding hydrogens is 208 g/mol. The number of H-pyrrole nitrogens is 1. The van der Waals surface area contributed by atoms with Crippen molar-refractivity contribution in [3.05, 3.63) is 27.8 Å². The van der Waals surface area contributed by atoms with Crippen molar-refractivity contribution in [3.63, 3.8) is 0 Å². The molecule has 2 aromatic heterocycles. The van der Waals surface area contributed by atoms with E-state index in [1.807, 2.05) is 6.92 Å². The Morgan fingerprint density at radius 1 is 1.44 bits per heavy atom. The fourth-order valence-corrected chi connectivity index (χ4v) is 1.48. The van der Waals surface area contributed by atoms with Gasteiger partial charge in [-0.15, -0.1) is 0 Å². The smallest absolute Gasteiger partial charge is 0.257 e. The van der Waals surface area contributed by atoms with Crippen LogP contribution in [0.2, 0.25) is 0 Å². The second-order valence-electron chi connectivity index (χ2n) is 3.66. The van der Waals surface area contributed by atoms with Crippen molar-refractivity contribution in [2.45, 2.75) is 13.8 Å². The van der Waals surface area contributed by atoms with Crippen molar-refractivity contribution in [3.8, 4) is 17.3 Å². The van der Waals surface area contributed by atoms with Crippen LogP contribution in [0, 0.1) is 13.8 Å². The fraction of sp³-hybridized carbons (Fsp3) is 0.300. The maximum atomic E-state index is 11.5. The number of nitrogens with one attached hydrogen (secondary N) is 1. The van der Waals surface area contributed by atoms with Gasteiger partial charge in [0.1, 0.15) is 5.82 Å². The van der Waals surface area contributed by atoms with Gasteiger partial charge in [-0.05, 0) is 13.8 Å². The van der Waals surface area contributed by atoms with Crippen LogP contribution < -0.4 is 5.56 Å². The first kappa shape index (κ1) is 10.4. The van der Waals surface area contributed by atoms with Crippen LogP contribution in [0.1, 0.15) is 11.3 Å². The molecule has 0 bridgehead atoms. The largest absolute Gasteiger partial charge is 0.493 e. The highest BCUT2D eigenvalue weighted by molar-refractivity contribution is 5.57. The minimum absolute atomic E-state index is 0.213. The van der Waals surface area contributed by atoms with Crippen molar-refractivity contribution < 1.29 is 5.11 Å². The van der Waals surface area contributed by atoms with E-state index in [1.165, 1.54) is 6.92 Å². The van der Waals surface area contributed by atoms with Gasteiger partial charge in [0.25, 0.3) is 5.56 Å². The summed E-state index contributed by atoms with van der Waals surface area (Å²) >= 11 is 0. The Balaban J connectivity index is 2.66. The number of aromatic amines is 1. The van der Waals surface area contributed by atoms with Crippen LogP contribution >= 0.6 is 0 Å². The zero-order valence-electron chi connectivity index (χ0n) is 9.27. The highest BCUT2D eigenvalue weighted by atomic mass is 16.3. The van der Waals surface area contributed by atoms with Gasteiger partial charge in [-0.2, -0.15) is 10.1 Å². The third kappa shape index (κ3) is 1.58. The summed E-state index contributed by atoms with van der Waals surface area (Å²) in [6.07, 6.45) is 1.74. The molecule has 0 aliphatic rings. The summed E-state index contributed by atoms with van der Waals surface area (Å²) in [5, 5.41) is 13.6. The summed E-state index contributed by atoms with van der Waals surface area (Å²) in [7, 11) is 1.78. The van der Waals surface area contributed by atoms with Crippen LogP contribution in [0.5, 0.6) is 5.88 Å². The standard InChI is InChI=1S/C10H12N4O2/c1-5-9(15)11-8(12-10(5)16)7-4-14(3)13-6(7)2/h4H,1-3H3,(H2,11,12,15,16). The molecule has 2 aromatic rings. The monoisotopic (exact) mass is 220 g/mol. The second kappa shape index (κ2) is 3.48. The van der Waals surface area contributed by atoms with Gasteiger partial charge in [0.05, 0.1) is 16.8 Å². The molecular formula is C10H12N4O2. The first-order chi connectivity index (χ1) is 7.49. The molecule has 16 heavy (non-hydrogen) atoms. The van der Waals surface area contributed by atoms with Crippen LogP contribution in [-0.4, -0.2) is 24.9 Å². The van der Waals surface area contributed by atoms with Gasteiger partial charge in [-0.25, -0.2) is 0 Å². The molecule has 0 saturated heterocycles. The number of aryl methyl sites for hydroxylation is 2. The maximum absolute atomic E-state index is 11.5. The first-order valence-corrected chi connectivity index (χ1v) is 4.79. The van der Waals surface area contributed by atoms with E-state index in [4.69, 9.17) is 0 Å². The zero-order valence-corrected chi connectivity index (χ0v) is 9.27. The van der Waals surface area contributed by atoms with Gasteiger partial charge in [-0.1, -0.05) is 0 Å². The molecule has 0 aliphatic carbocycles. The predicted molar refractivity (Wildman–Crippen MR) is 58.2 cm³/mol. The number of hydrogen-bond donors (Lipinski definition) is 2. The van der Waals surface area contributed by atoms with E-state index in [0.29, 0.717) is 11.4 Å². The van der Waals surface area contributed by atoms with Crippen LogP contribution in [0.25, 0.3) is 11.4 Å². The van der Waals surface area contributed by atoms with E-state index < -0.39 is 0 Å². The summed E-state index contributed by atoms with van der Waals surface area (Å²) in [4.78, 5) is 18.0. The molecule has 2 heterocycles. The minimum Gasteiger partial charge on any atom is -0.493 e. The SMILES string of the molecule is Cc1nn(C)cc1-c1nc(O)c(C)c(=O)[nH]1. The Labute approximate surface area is 91.6 Å². The quantitative estimate of drug-likeness (QED) is 0.732. The maximum Gasteiger partial charge on any atom is 0.257 e. The number of rotatable bonds is 1. The van der Waals surface area contributed by atoms with Crippen molar-refractivity contribution >= 4 is 0 Å². The molecule has 0 atom stereocenters. The van der Waals surface area contributed by atoms with E-state index in [-0.39, 0.29) is 17.0 Å². The lowest BCUT2D eigenvalue weighted by Gasteiger charge is -2.01. The van der Waals surface area contributed by atoms with Gasteiger partial charge in [0.2, 0.25) is 5.88 Å². The van der Waals surface area contributed by atoms with E-state index in [0.717, 1.165) is 5.69 Å². The highest BCUT2D eigenvalue weighted by Crippen LogP contribution is 2.19. The molecule has 2 N–H and O–H groups in total. The summed E-state index contributed by atoms with van der Waals surface area (Å²) < 4.78 is 1.63. The summed E-state index contributed by atoms with van der Waals surface area (Å²) in [5.74, 6) is 0.0840. The topological polar surface area (TPSA) is 83.8 Å². The second-order valence-corrected chi connectivity index (χ2v) is 3.66. The zero-order chi connectivity index (χ0) is 11.9. The summed E-state index contributed by atoms with van der Waals surface area (Å²) in [6.45, 7) is 3.33. The summed E-state index contributed by atoms with van der Waals surface area (Å²) in [6, 6.07) is 0. The molecule has 0 aliphatic heterocycles. The number of aromatic nitrogens is 4. The van der Waals surface area contributed by atoms with E-state index in [1.54, 1.807) is 17.9 Å². The molecule has 0 spiro atoms. The van der Waals surface area contributed by atoms with Crippen molar-refractivity contribution in [1.82, 2.24) is 19.7 Å². The molecule has 0 fully saturated rings. The Hall–Kier alpha value is -2.11. The normalized spacial score (nSPS) is 10.7. The Morgan fingerprint density at radius 2 is 2.12 bits per heavy atom. The lowest BCUT2D eigenvalue weighted by atomic mass is 10.2. The van der Waals surface area contributed by atoms with Crippen LogP contribution in [0.3, 0.4) is 0 Å². The van der Waals surface area contributed by atoms with Crippen molar-refractivity contribution in [2.75, 3.05) is 0 Å². The number of hydrogen-bond acceptors (Lipinski definition) is 4. The van der Waals surface area contributed by atoms with E-state index >= 15 is 0 Å². The highest BCUT2D eigenvalue weighted by Gasteiger charge is 2.11. The van der Waals surface area contributed by atoms with Crippen molar-refractivity contribution in [1.29, 1.82) is 0 Å². The van der Waals surface area contributed by atoms with Gasteiger partial charge in [0, 0.05) is 13.2 Å². The van der Waals surface area contributed by atoms with Crippen LogP contribution in [-0.2, 0) is 7.05 Å². The van der Waals surface area contributed by atoms with Gasteiger partial charge in [0.15, 0.2) is 0 Å². The first-order valence-electron chi connectivity index (χ1n) is 4.79. The molecule has 6 nitrogen and oxygen atoms in total. The Morgan fingerprint density at radius 3 is 2.62 bits per heavy atom. The van der Waals surface area contributed by atoms with E-state index in [2.05, 4.69) is 15.1 Å². The molecule has 0 aromatic carbocycles. The van der Waals surface area contributed by atoms with E-state index in [9.17, 15) is 9.90 Å². The molecule has 0 unspecified atom stereocenters. The number of nitrogens with zero attached hydrogens (tertiary/aromatic N) is 3. The van der Waals surface area contributed by atoms with Crippen LogP contribution in [0.4, 0.5) is 0 Å². The molecule has 0 radical (unpaired) electrons. The number of aromatic hydroxyl groups is 1. The molecule has 2 rings (SSSR count). The molecule has 84 valence electrons. The molecule has 0 saturated carbocycles. The van der Waals surface area contributed by atoms with Gasteiger partial charge < -0.3 is 10.1 Å². The average Bonchev–Trinajstić information content (AvgIpc) is 2.53. The fourth-order valence-electron chi connectivity index (χ4n) is 1.48. The predicted octanol–water partition coefficient (Wildman–Crippen LogP) is 0.493. The molecule has 0 amide bonds. The van der Waals surface area contributed by atoms with Gasteiger partial charge >= 0.3 is 0 Å². The summed E-state index contributed by atoms with van der Waals surface area (Å²) in [5.41, 5.74) is 1.32. The average molecular weight is 220 g/mol. The molecule has 6 heteroatoms.